The van der Waals surface area contributed by atoms with Crippen LogP contribution in [0.15, 0.2) is 0 Å². The minimum absolute atomic E-state index is 0.179. The van der Waals surface area contributed by atoms with Gasteiger partial charge in [0.05, 0.1) is 0 Å². The molecule has 0 saturated carbocycles. The molecule has 104 valence electrons. The number of carbonyl (C=O) groups is 3. The second-order valence-electron chi connectivity index (χ2n) is 3.72. The highest BCUT2D eigenvalue weighted by Crippen LogP contribution is 2.11. The van der Waals surface area contributed by atoms with Crippen molar-refractivity contribution in [2.45, 2.75) is 32.8 Å². The van der Waals surface area contributed by atoms with Crippen LogP contribution in [0.1, 0.15) is 26.7 Å². The summed E-state index contributed by atoms with van der Waals surface area (Å²) in [6.07, 6.45) is -0.111. The van der Waals surface area contributed by atoms with Crippen molar-refractivity contribution in [3.05, 3.63) is 0 Å². The van der Waals surface area contributed by atoms with Gasteiger partial charge in [-0.1, -0.05) is 6.92 Å². The Bertz CT molecular complexity index is 304. The number of carboxylic acids is 2. The van der Waals surface area contributed by atoms with Crippen LogP contribution < -0.4 is 0 Å². The lowest BCUT2D eigenvalue weighted by Gasteiger charge is -2.15. The van der Waals surface area contributed by atoms with E-state index < -0.39 is 29.9 Å². The number of carboxylic acid groups (broad SMARTS) is 2. The predicted octanol–water partition coefficient (Wildman–Crippen LogP) is 1.24. The first-order valence-electron chi connectivity index (χ1n) is 5.64. The molecule has 0 spiro atoms. The maximum absolute atomic E-state index is 11.3. The number of hydrogen-bond donors (Lipinski definition) is 2. The van der Waals surface area contributed by atoms with Crippen LogP contribution in [0.5, 0.6) is 0 Å². The molecule has 0 aromatic rings. The maximum Gasteiger partial charge on any atom is 0.345 e. The lowest BCUT2D eigenvalue weighted by atomic mass is 10.2. The minimum Gasteiger partial charge on any atom is -0.481 e. The van der Waals surface area contributed by atoms with Crippen molar-refractivity contribution >= 4 is 29.7 Å². The van der Waals surface area contributed by atoms with E-state index in [0.29, 0.717) is 5.75 Å². The van der Waals surface area contributed by atoms with E-state index in [9.17, 15) is 14.4 Å². The molecule has 0 fully saturated rings. The minimum atomic E-state index is -1.35. The van der Waals surface area contributed by atoms with E-state index in [4.69, 9.17) is 10.2 Å². The van der Waals surface area contributed by atoms with E-state index in [-0.39, 0.29) is 6.42 Å². The van der Waals surface area contributed by atoms with Gasteiger partial charge in [0, 0.05) is 6.42 Å². The summed E-state index contributed by atoms with van der Waals surface area (Å²) in [6, 6.07) is 0. The zero-order valence-electron chi connectivity index (χ0n) is 10.4. The first kappa shape index (κ1) is 16.8. The van der Waals surface area contributed by atoms with Crippen molar-refractivity contribution in [2.75, 3.05) is 11.5 Å². The van der Waals surface area contributed by atoms with E-state index in [1.54, 1.807) is 11.8 Å². The van der Waals surface area contributed by atoms with Gasteiger partial charge >= 0.3 is 17.9 Å². The van der Waals surface area contributed by atoms with Gasteiger partial charge in [-0.2, -0.15) is 11.8 Å². The van der Waals surface area contributed by atoms with E-state index >= 15 is 0 Å². The summed E-state index contributed by atoms with van der Waals surface area (Å²) < 4.78 is 4.68. The second-order valence-corrected chi connectivity index (χ2v) is 4.95. The van der Waals surface area contributed by atoms with Crippen molar-refractivity contribution in [3.8, 4) is 0 Å². The van der Waals surface area contributed by atoms with Crippen molar-refractivity contribution in [1.82, 2.24) is 0 Å². The summed E-state index contributed by atoms with van der Waals surface area (Å²) in [6.45, 7) is 3.17. The summed E-state index contributed by atoms with van der Waals surface area (Å²) in [5.41, 5.74) is 0. The van der Waals surface area contributed by atoms with Gasteiger partial charge in [-0.05, 0) is 24.9 Å². The monoisotopic (exact) mass is 278 g/mol. The number of aliphatic carboxylic acids is 2. The lowest BCUT2D eigenvalue weighted by molar-refractivity contribution is -0.170. The number of rotatable bonds is 9. The molecule has 6 nitrogen and oxygen atoms in total. The molecular weight excluding hydrogens is 260 g/mol. The fourth-order valence-electron chi connectivity index (χ4n) is 1.01. The van der Waals surface area contributed by atoms with Crippen LogP contribution in [0.2, 0.25) is 0 Å². The fraction of sp³-hybridized carbons (Fsp3) is 0.727. The lowest BCUT2D eigenvalue weighted by Crippen LogP contribution is -2.32. The molecule has 2 atom stereocenters. The zero-order valence-corrected chi connectivity index (χ0v) is 11.2. The molecule has 7 heteroatoms. The highest BCUT2D eigenvalue weighted by atomic mass is 32.2. The van der Waals surface area contributed by atoms with E-state index in [1.807, 2.05) is 6.92 Å². The van der Waals surface area contributed by atoms with Crippen molar-refractivity contribution in [1.29, 1.82) is 0 Å². The molecule has 2 N–H and O–H groups in total. The van der Waals surface area contributed by atoms with Crippen LogP contribution in [0.4, 0.5) is 0 Å². The first-order valence-corrected chi connectivity index (χ1v) is 6.79. The van der Waals surface area contributed by atoms with Gasteiger partial charge in [0.1, 0.15) is 0 Å². The molecule has 0 amide bonds. The number of esters is 1. The van der Waals surface area contributed by atoms with Gasteiger partial charge in [-0.15, -0.1) is 0 Å². The average molecular weight is 278 g/mol. The van der Waals surface area contributed by atoms with Crippen LogP contribution in [0, 0.1) is 5.92 Å². The van der Waals surface area contributed by atoms with Crippen molar-refractivity contribution < 1.29 is 29.3 Å². The number of thioether (sulfide) groups is 1. The number of carbonyl (C=O) groups excluding carboxylic acids is 1. The molecule has 0 bridgehead atoms. The summed E-state index contributed by atoms with van der Waals surface area (Å²) in [7, 11) is 0. The zero-order chi connectivity index (χ0) is 14.1. The molecule has 2 unspecified atom stereocenters. The second kappa shape index (κ2) is 8.79. The fourth-order valence-corrected chi connectivity index (χ4v) is 1.89. The van der Waals surface area contributed by atoms with Gasteiger partial charge in [0.2, 0.25) is 0 Å². The standard InChI is InChI=1S/C11H18O6S/c1-3-5-18-6-4-8(10(14)15)17-11(16)7(2)9(12)13/h7-8H,3-6H2,1-2H3,(H,12,13)(H,14,15). The Labute approximate surface area is 110 Å². The van der Waals surface area contributed by atoms with Gasteiger partial charge in [0.15, 0.2) is 12.0 Å². The molecule has 0 saturated heterocycles. The van der Waals surface area contributed by atoms with Crippen molar-refractivity contribution in [3.63, 3.8) is 0 Å². The summed E-state index contributed by atoms with van der Waals surface area (Å²) >= 11 is 1.57. The van der Waals surface area contributed by atoms with Crippen LogP contribution in [0.3, 0.4) is 0 Å². The predicted molar refractivity (Wildman–Crippen MR) is 66.5 cm³/mol. The Morgan fingerprint density at radius 3 is 2.22 bits per heavy atom. The Hall–Kier alpha value is -1.24. The van der Waals surface area contributed by atoms with Gasteiger partial charge in [0.25, 0.3) is 0 Å². The molecular formula is C11H18O6S. The Kier molecular flexibility index (Phi) is 8.19. The Morgan fingerprint density at radius 2 is 1.78 bits per heavy atom. The molecule has 0 radical (unpaired) electrons. The molecule has 0 aliphatic rings. The van der Waals surface area contributed by atoms with E-state index in [2.05, 4.69) is 4.74 Å². The van der Waals surface area contributed by atoms with Crippen LogP contribution in [-0.2, 0) is 19.1 Å². The molecule has 18 heavy (non-hydrogen) atoms. The maximum atomic E-state index is 11.3. The smallest absolute Gasteiger partial charge is 0.345 e. The van der Waals surface area contributed by atoms with Crippen LogP contribution in [-0.4, -0.2) is 45.7 Å². The molecule has 0 aromatic heterocycles. The topological polar surface area (TPSA) is 101 Å². The molecule has 0 aliphatic carbocycles. The largest absolute Gasteiger partial charge is 0.481 e. The molecule has 0 aromatic carbocycles. The molecule has 0 rings (SSSR count). The van der Waals surface area contributed by atoms with Crippen molar-refractivity contribution in [2.24, 2.45) is 5.92 Å². The average Bonchev–Trinajstić information content (AvgIpc) is 2.31. The normalized spacial score (nSPS) is 13.7. The van der Waals surface area contributed by atoms with Gasteiger partial charge in [-0.3, -0.25) is 9.59 Å². The third kappa shape index (κ3) is 6.48. The molecule has 0 heterocycles. The van der Waals surface area contributed by atoms with Gasteiger partial charge < -0.3 is 14.9 Å². The van der Waals surface area contributed by atoms with E-state index in [0.717, 1.165) is 19.1 Å². The first-order chi connectivity index (χ1) is 8.40. The number of ether oxygens (including phenoxy) is 1. The Morgan fingerprint density at radius 1 is 1.17 bits per heavy atom. The summed E-state index contributed by atoms with van der Waals surface area (Å²) in [5, 5.41) is 17.5. The van der Waals surface area contributed by atoms with Crippen LogP contribution >= 0.6 is 11.8 Å². The third-order valence-corrected chi connectivity index (χ3v) is 3.35. The highest BCUT2D eigenvalue weighted by molar-refractivity contribution is 7.99. The SMILES string of the molecule is CCCSCCC(OC(=O)C(C)C(=O)O)C(=O)O. The van der Waals surface area contributed by atoms with E-state index in [1.165, 1.54) is 0 Å². The summed E-state index contributed by atoms with van der Waals surface area (Å²) in [5.74, 6) is -3.49. The quantitative estimate of drug-likeness (QED) is 0.371. The number of hydrogen-bond acceptors (Lipinski definition) is 5. The summed E-state index contributed by atoms with van der Waals surface area (Å²) in [4.78, 5) is 32.7. The third-order valence-electron chi connectivity index (χ3n) is 2.13. The molecule has 0 aliphatic heterocycles. The Balaban J connectivity index is 4.23. The highest BCUT2D eigenvalue weighted by Gasteiger charge is 2.28. The van der Waals surface area contributed by atoms with Crippen LogP contribution in [0.25, 0.3) is 0 Å². The van der Waals surface area contributed by atoms with Gasteiger partial charge in [-0.25, -0.2) is 4.79 Å².